The van der Waals surface area contributed by atoms with E-state index in [4.69, 9.17) is 4.74 Å². The Labute approximate surface area is 173 Å². The predicted octanol–water partition coefficient (Wildman–Crippen LogP) is 4.55. The fourth-order valence-electron chi connectivity index (χ4n) is 3.83. The first-order valence-electron chi connectivity index (χ1n) is 10.3. The molecule has 2 aromatic rings. The minimum atomic E-state index is -0.322. The van der Waals surface area contributed by atoms with E-state index in [0.29, 0.717) is 25.5 Å². The third kappa shape index (κ3) is 6.05. The largest absolute Gasteiger partial charge is 0.463 e. The molecule has 0 aliphatic carbocycles. The lowest BCUT2D eigenvalue weighted by Crippen LogP contribution is -2.40. The fraction of sp³-hybridized carbons (Fsp3) is 0.360. The van der Waals surface area contributed by atoms with Crippen LogP contribution < -0.4 is 0 Å². The summed E-state index contributed by atoms with van der Waals surface area (Å²) in [5, 5.41) is 0. The number of carbonyl (C=O) groups is 2. The molecule has 2 aromatic carbocycles. The van der Waals surface area contributed by atoms with Gasteiger partial charge in [0, 0.05) is 25.6 Å². The summed E-state index contributed by atoms with van der Waals surface area (Å²) in [5.74, 6) is 0.322. The maximum absolute atomic E-state index is 12.4. The highest BCUT2D eigenvalue weighted by Gasteiger charge is 2.26. The van der Waals surface area contributed by atoms with Crippen molar-refractivity contribution in [3.63, 3.8) is 0 Å². The van der Waals surface area contributed by atoms with Crippen LogP contribution >= 0.6 is 0 Å². The van der Waals surface area contributed by atoms with Gasteiger partial charge in [-0.25, -0.2) is 4.79 Å². The monoisotopic (exact) mass is 391 g/mol. The van der Waals surface area contributed by atoms with E-state index in [-0.39, 0.29) is 11.9 Å². The van der Waals surface area contributed by atoms with Gasteiger partial charge in [-0.05, 0) is 55.4 Å². The third-order valence-corrected chi connectivity index (χ3v) is 5.31. The van der Waals surface area contributed by atoms with Gasteiger partial charge in [-0.15, -0.1) is 0 Å². The second-order valence-electron chi connectivity index (χ2n) is 7.66. The fourth-order valence-corrected chi connectivity index (χ4v) is 3.83. The highest BCUT2D eigenvalue weighted by molar-refractivity contribution is 5.87. The van der Waals surface area contributed by atoms with Crippen LogP contribution in [0.25, 0.3) is 6.08 Å². The Balaban J connectivity index is 1.70. The molecule has 1 aliphatic heterocycles. The van der Waals surface area contributed by atoms with Crippen LogP contribution in [0, 0.1) is 12.8 Å². The first-order chi connectivity index (χ1) is 14.0. The molecule has 1 heterocycles. The van der Waals surface area contributed by atoms with Crippen LogP contribution in [0.15, 0.2) is 54.6 Å². The van der Waals surface area contributed by atoms with Crippen molar-refractivity contribution in [2.75, 3.05) is 13.2 Å². The maximum atomic E-state index is 12.4. The van der Waals surface area contributed by atoms with Crippen LogP contribution in [0.2, 0.25) is 0 Å². The number of nitrogens with zero attached hydrogens (tertiary/aromatic N) is 1. The number of esters is 1. The topological polar surface area (TPSA) is 46.6 Å². The predicted molar refractivity (Wildman–Crippen MR) is 115 cm³/mol. The molecule has 29 heavy (non-hydrogen) atoms. The second kappa shape index (κ2) is 10.1. The maximum Gasteiger partial charge on any atom is 0.330 e. The molecule has 0 N–H and O–H groups in total. The van der Waals surface area contributed by atoms with E-state index >= 15 is 0 Å². The van der Waals surface area contributed by atoms with Crippen molar-refractivity contribution in [3.8, 4) is 0 Å². The van der Waals surface area contributed by atoms with Gasteiger partial charge in [-0.3, -0.25) is 4.79 Å². The van der Waals surface area contributed by atoms with Crippen LogP contribution in [0.5, 0.6) is 0 Å². The quantitative estimate of drug-likeness (QED) is 0.514. The number of hydrogen-bond acceptors (Lipinski definition) is 3. The van der Waals surface area contributed by atoms with Gasteiger partial charge in [0.1, 0.15) is 0 Å². The van der Waals surface area contributed by atoms with Crippen molar-refractivity contribution in [1.82, 2.24) is 4.90 Å². The molecule has 0 aromatic heterocycles. The molecule has 0 spiro atoms. The SMILES string of the molecule is CCOC(=O)/C=C/c1cc(C)ccc1CC1CCC(=O)N(Cc2ccccc2)C1. The summed E-state index contributed by atoms with van der Waals surface area (Å²) in [6, 6.07) is 16.5. The smallest absolute Gasteiger partial charge is 0.330 e. The summed E-state index contributed by atoms with van der Waals surface area (Å²) in [7, 11) is 0. The molecule has 1 unspecified atom stereocenters. The average molecular weight is 392 g/mol. The van der Waals surface area contributed by atoms with E-state index in [2.05, 4.69) is 30.3 Å². The summed E-state index contributed by atoms with van der Waals surface area (Å²) >= 11 is 0. The van der Waals surface area contributed by atoms with Crippen molar-refractivity contribution < 1.29 is 14.3 Å². The highest BCUT2D eigenvalue weighted by atomic mass is 16.5. The van der Waals surface area contributed by atoms with E-state index in [9.17, 15) is 9.59 Å². The molecule has 1 atom stereocenters. The van der Waals surface area contributed by atoms with Crippen molar-refractivity contribution in [2.24, 2.45) is 5.92 Å². The molecule has 0 bridgehead atoms. The van der Waals surface area contributed by atoms with Gasteiger partial charge < -0.3 is 9.64 Å². The molecule has 1 amide bonds. The van der Waals surface area contributed by atoms with Crippen molar-refractivity contribution in [3.05, 3.63) is 76.9 Å². The number of amides is 1. The molecule has 1 saturated heterocycles. The van der Waals surface area contributed by atoms with E-state index in [1.165, 1.54) is 11.6 Å². The first-order valence-corrected chi connectivity index (χ1v) is 10.3. The summed E-state index contributed by atoms with van der Waals surface area (Å²) in [5.41, 5.74) is 4.57. The minimum absolute atomic E-state index is 0.233. The summed E-state index contributed by atoms with van der Waals surface area (Å²) in [4.78, 5) is 26.1. The number of carbonyl (C=O) groups excluding carboxylic acids is 2. The van der Waals surface area contributed by atoms with Gasteiger partial charge in [0.25, 0.3) is 0 Å². The van der Waals surface area contributed by atoms with Gasteiger partial charge >= 0.3 is 5.97 Å². The minimum Gasteiger partial charge on any atom is -0.463 e. The van der Waals surface area contributed by atoms with Crippen LogP contribution in [-0.4, -0.2) is 29.9 Å². The summed E-state index contributed by atoms with van der Waals surface area (Å²) in [6.45, 7) is 5.65. The molecule has 1 fully saturated rings. The Morgan fingerprint density at radius 1 is 1.21 bits per heavy atom. The van der Waals surface area contributed by atoms with Gasteiger partial charge in [0.2, 0.25) is 5.91 Å². The molecule has 0 saturated carbocycles. The normalized spacial score (nSPS) is 17.0. The van der Waals surface area contributed by atoms with Gasteiger partial charge in [-0.2, -0.15) is 0 Å². The van der Waals surface area contributed by atoms with Crippen molar-refractivity contribution in [2.45, 2.75) is 39.7 Å². The summed E-state index contributed by atoms with van der Waals surface area (Å²) in [6.07, 6.45) is 5.72. The van der Waals surface area contributed by atoms with Crippen LogP contribution in [0.1, 0.15) is 42.0 Å². The van der Waals surface area contributed by atoms with Crippen molar-refractivity contribution >= 4 is 18.0 Å². The Morgan fingerprint density at radius 2 is 2.00 bits per heavy atom. The number of piperidine rings is 1. The lowest BCUT2D eigenvalue weighted by atomic mass is 9.88. The van der Waals surface area contributed by atoms with Gasteiger partial charge in [-0.1, -0.05) is 54.1 Å². The number of aryl methyl sites for hydroxylation is 1. The zero-order valence-electron chi connectivity index (χ0n) is 17.3. The molecular weight excluding hydrogens is 362 g/mol. The Bertz CT molecular complexity index is 873. The third-order valence-electron chi connectivity index (χ3n) is 5.31. The number of benzene rings is 2. The van der Waals surface area contributed by atoms with E-state index < -0.39 is 0 Å². The van der Waals surface area contributed by atoms with E-state index in [1.807, 2.05) is 36.1 Å². The van der Waals surface area contributed by atoms with Crippen LogP contribution in [0.3, 0.4) is 0 Å². The zero-order chi connectivity index (χ0) is 20.6. The number of rotatable bonds is 7. The number of hydrogen-bond donors (Lipinski definition) is 0. The van der Waals surface area contributed by atoms with Crippen molar-refractivity contribution in [1.29, 1.82) is 0 Å². The van der Waals surface area contributed by atoms with Gasteiger partial charge in [0.15, 0.2) is 0 Å². The van der Waals surface area contributed by atoms with E-state index in [1.54, 1.807) is 6.92 Å². The summed E-state index contributed by atoms with van der Waals surface area (Å²) < 4.78 is 5.00. The van der Waals surface area contributed by atoms with Crippen LogP contribution in [0.4, 0.5) is 0 Å². The molecule has 4 heteroatoms. The Kier molecular flexibility index (Phi) is 7.23. The first kappa shape index (κ1) is 20.8. The molecular formula is C25H29NO3. The molecule has 3 rings (SSSR count). The lowest BCUT2D eigenvalue weighted by Gasteiger charge is -2.33. The van der Waals surface area contributed by atoms with Crippen LogP contribution in [-0.2, 0) is 27.3 Å². The number of ether oxygens (including phenoxy) is 1. The number of likely N-dealkylation sites (tertiary alicyclic amines) is 1. The molecule has 0 radical (unpaired) electrons. The molecule has 1 aliphatic rings. The second-order valence-corrected chi connectivity index (χ2v) is 7.66. The lowest BCUT2D eigenvalue weighted by molar-refractivity contribution is -0.137. The zero-order valence-corrected chi connectivity index (χ0v) is 17.3. The standard InChI is InChI=1S/C25H29NO3/c1-3-29-25(28)14-12-22-15-19(2)9-11-23(22)16-21-10-13-24(27)26(18-21)17-20-7-5-4-6-8-20/h4-9,11-12,14-15,21H,3,10,13,16-18H2,1-2H3/b14-12+. The molecule has 4 nitrogen and oxygen atoms in total. The molecule has 152 valence electrons. The van der Waals surface area contributed by atoms with E-state index in [0.717, 1.165) is 36.1 Å². The Hall–Kier alpha value is -2.88. The highest BCUT2D eigenvalue weighted by Crippen LogP contribution is 2.25. The average Bonchev–Trinajstić information content (AvgIpc) is 2.71. The van der Waals surface area contributed by atoms with Gasteiger partial charge in [0.05, 0.1) is 6.61 Å². The Morgan fingerprint density at radius 3 is 2.76 bits per heavy atom.